The molecular weight excluding hydrogens is 835 g/mol. The summed E-state index contributed by atoms with van der Waals surface area (Å²) in [6.07, 6.45) is 60.9. The highest BCUT2D eigenvalue weighted by atomic mass is 16.3. The van der Waals surface area contributed by atoms with Crippen LogP contribution in [0.5, 0.6) is 0 Å². The zero-order chi connectivity index (χ0) is 49.5. The average Bonchev–Trinajstić information content (AvgIpc) is 3.34. The first-order valence-electron chi connectivity index (χ1n) is 31.4. The molecule has 0 spiro atoms. The van der Waals surface area contributed by atoms with Crippen LogP contribution >= 0.6 is 0 Å². The first-order valence-corrected chi connectivity index (χ1v) is 31.4. The van der Waals surface area contributed by atoms with Gasteiger partial charge in [0.15, 0.2) is 0 Å². The molecule has 0 bridgehead atoms. The minimum absolute atomic E-state index is 0.253. The molecule has 6 nitrogen and oxygen atoms in total. The van der Waals surface area contributed by atoms with Crippen LogP contribution in [0.2, 0.25) is 0 Å². The summed E-state index contributed by atoms with van der Waals surface area (Å²) in [4.78, 5) is 33.6. The Morgan fingerprint density at radius 3 is 0.662 bits per heavy atom. The van der Waals surface area contributed by atoms with Crippen molar-refractivity contribution in [3.63, 3.8) is 0 Å². The Morgan fingerprint density at radius 2 is 0.441 bits per heavy atom. The highest BCUT2D eigenvalue weighted by Crippen LogP contribution is 2.17. The van der Waals surface area contributed by atoms with E-state index in [0.717, 1.165) is 71.5 Å². The summed E-state index contributed by atoms with van der Waals surface area (Å²) in [6.45, 7) is 16.3. The zero-order valence-electron chi connectivity index (χ0n) is 47.2. The molecule has 2 amide bonds. The summed E-state index contributed by atoms with van der Waals surface area (Å²) < 4.78 is 0. The molecule has 0 saturated carbocycles. The lowest BCUT2D eigenvalue weighted by molar-refractivity contribution is -0.132. The van der Waals surface area contributed by atoms with Crippen LogP contribution in [0, 0.1) is 0 Å². The van der Waals surface area contributed by atoms with E-state index in [0.29, 0.717) is 11.8 Å². The van der Waals surface area contributed by atoms with Gasteiger partial charge >= 0.3 is 0 Å². The van der Waals surface area contributed by atoms with Crippen molar-refractivity contribution < 1.29 is 14.7 Å². The summed E-state index contributed by atoms with van der Waals surface area (Å²) in [6, 6.07) is 0. The molecule has 0 radical (unpaired) electrons. The van der Waals surface area contributed by atoms with Gasteiger partial charge in [-0.25, -0.2) is 0 Å². The van der Waals surface area contributed by atoms with E-state index in [-0.39, 0.29) is 6.61 Å². The number of hydrogen-bond acceptors (Lipinski definition) is 4. The van der Waals surface area contributed by atoms with Gasteiger partial charge in [0.1, 0.15) is 0 Å². The predicted octanol–water partition coefficient (Wildman–Crippen LogP) is 18.7. The monoisotopic (exact) mass is 960 g/mol. The Labute approximate surface area is 427 Å². The second kappa shape index (κ2) is 56.8. The van der Waals surface area contributed by atoms with Crippen molar-refractivity contribution >= 4 is 11.8 Å². The van der Waals surface area contributed by atoms with E-state index in [1.54, 1.807) is 0 Å². The van der Waals surface area contributed by atoms with E-state index < -0.39 is 0 Å². The molecule has 0 rings (SSSR count). The molecule has 0 aromatic heterocycles. The fraction of sp³-hybridized carbons (Fsp3) is 0.968. The molecule has 0 aromatic carbocycles. The molecule has 6 heteroatoms. The lowest BCUT2D eigenvalue weighted by Crippen LogP contribution is -2.32. The van der Waals surface area contributed by atoms with Crippen LogP contribution < -0.4 is 0 Å². The van der Waals surface area contributed by atoms with Crippen molar-refractivity contribution in [1.82, 2.24) is 14.7 Å². The first-order chi connectivity index (χ1) is 33.5. The fourth-order valence-electron chi connectivity index (χ4n) is 10.3. The number of carbonyl (C=O) groups excluding carboxylic acids is 2. The second-order valence-electron chi connectivity index (χ2n) is 21.7. The molecule has 0 aliphatic heterocycles. The van der Waals surface area contributed by atoms with Crippen molar-refractivity contribution in [3.05, 3.63) is 0 Å². The highest BCUT2D eigenvalue weighted by molar-refractivity contribution is 5.76. The van der Waals surface area contributed by atoms with Crippen molar-refractivity contribution in [2.75, 3.05) is 52.4 Å². The average molecular weight is 961 g/mol. The topological polar surface area (TPSA) is 64.1 Å². The maximum absolute atomic E-state index is 13.3. The number of aliphatic hydroxyl groups is 1. The van der Waals surface area contributed by atoms with Crippen molar-refractivity contribution in [2.24, 2.45) is 0 Å². The van der Waals surface area contributed by atoms with Gasteiger partial charge in [-0.15, -0.1) is 0 Å². The molecular formula is C62H125N3O3. The van der Waals surface area contributed by atoms with E-state index in [2.05, 4.69) is 42.4 Å². The zero-order valence-corrected chi connectivity index (χ0v) is 47.2. The van der Waals surface area contributed by atoms with Crippen LogP contribution in [0.25, 0.3) is 0 Å². The third kappa shape index (κ3) is 48.5. The van der Waals surface area contributed by atoms with Gasteiger partial charge in [0, 0.05) is 45.6 Å². The molecule has 1 N–H and O–H groups in total. The number of hydrogen-bond donors (Lipinski definition) is 1. The number of nitrogens with zero attached hydrogens (tertiary/aromatic N) is 3. The summed E-state index contributed by atoms with van der Waals surface area (Å²) in [5.74, 6) is 0.830. The highest BCUT2D eigenvalue weighted by Gasteiger charge is 2.14. The van der Waals surface area contributed by atoms with Gasteiger partial charge in [-0.1, -0.05) is 272 Å². The quantitative estimate of drug-likeness (QED) is 0.0617. The van der Waals surface area contributed by atoms with E-state index >= 15 is 0 Å². The Hall–Kier alpha value is -1.14. The number of carbonyl (C=O) groups is 2. The minimum atomic E-state index is 0.253. The molecule has 0 unspecified atom stereocenters. The molecule has 0 aliphatic carbocycles. The van der Waals surface area contributed by atoms with Gasteiger partial charge in [0.05, 0.1) is 6.61 Å². The Bertz CT molecular complexity index is 878. The maximum Gasteiger partial charge on any atom is 0.222 e. The largest absolute Gasteiger partial charge is 0.395 e. The van der Waals surface area contributed by atoms with Crippen LogP contribution in [0.1, 0.15) is 336 Å². The normalized spacial score (nSPS) is 11.6. The van der Waals surface area contributed by atoms with E-state index in [1.165, 1.54) is 283 Å². The molecule has 0 heterocycles. The Kier molecular flexibility index (Phi) is 55.8. The Balaban J connectivity index is 4.24. The fourth-order valence-corrected chi connectivity index (χ4v) is 10.3. The van der Waals surface area contributed by atoms with Crippen LogP contribution in [0.15, 0.2) is 0 Å². The van der Waals surface area contributed by atoms with Gasteiger partial charge in [-0.3, -0.25) is 9.59 Å². The number of unbranched alkanes of at least 4 members (excludes halogenated alkanes) is 40. The van der Waals surface area contributed by atoms with Crippen molar-refractivity contribution in [2.45, 2.75) is 336 Å². The molecule has 0 saturated heterocycles. The number of rotatable bonds is 58. The number of amides is 2. The standard InChI is InChI=1S/C62H125N3O3/c1-5-9-13-17-21-31-39-47-55-64(56-48-40-32-22-18-14-10-6-2)61(67)51-43-35-27-25-29-37-45-53-63(59-60-66)54-46-38-30-26-28-36-44-52-62(68)65(57-49-41-33-23-19-15-11-7-3)58-50-42-34-24-20-16-12-8-4/h66H,5-60H2,1-4H3. The molecule has 406 valence electrons. The van der Waals surface area contributed by atoms with E-state index in [4.69, 9.17) is 0 Å². The predicted molar refractivity (Wildman–Crippen MR) is 301 cm³/mol. The molecule has 68 heavy (non-hydrogen) atoms. The van der Waals surface area contributed by atoms with E-state index in [9.17, 15) is 14.7 Å². The summed E-state index contributed by atoms with van der Waals surface area (Å²) in [5, 5.41) is 9.72. The first kappa shape index (κ1) is 66.9. The lowest BCUT2D eigenvalue weighted by Gasteiger charge is -2.23. The van der Waals surface area contributed by atoms with Crippen molar-refractivity contribution in [3.8, 4) is 0 Å². The van der Waals surface area contributed by atoms with Crippen LogP contribution in [0.3, 0.4) is 0 Å². The third-order valence-electron chi connectivity index (χ3n) is 15.0. The molecule has 0 aliphatic rings. The molecule has 0 aromatic rings. The summed E-state index contributed by atoms with van der Waals surface area (Å²) in [5.41, 5.74) is 0. The lowest BCUT2D eigenvalue weighted by atomic mass is 10.1. The van der Waals surface area contributed by atoms with Gasteiger partial charge in [0.2, 0.25) is 11.8 Å². The van der Waals surface area contributed by atoms with Crippen LogP contribution in [0.4, 0.5) is 0 Å². The Morgan fingerprint density at radius 1 is 0.250 bits per heavy atom. The van der Waals surface area contributed by atoms with Gasteiger partial charge in [0.25, 0.3) is 0 Å². The van der Waals surface area contributed by atoms with E-state index in [1.807, 2.05) is 0 Å². The summed E-state index contributed by atoms with van der Waals surface area (Å²) in [7, 11) is 0. The second-order valence-corrected chi connectivity index (χ2v) is 21.7. The minimum Gasteiger partial charge on any atom is -0.395 e. The molecule has 0 fully saturated rings. The smallest absolute Gasteiger partial charge is 0.222 e. The summed E-state index contributed by atoms with van der Waals surface area (Å²) >= 11 is 0. The van der Waals surface area contributed by atoms with Gasteiger partial charge < -0.3 is 19.8 Å². The third-order valence-corrected chi connectivity index (χ3v) is 15.0. The SMILES string of the molecule is CCCCCCCCCCN(CCCCCCCCCC)C(=O)CCCCCCCCCN(CCO)CCCCCCCCCC(=O)N(CCCCCCCCCC)CCCCCCCCCC. The van der Waals surface area contributed by atoms with Gasteiger partial charge in [-0.05, 0) is 64.5 Å². The van der Waals surface area contributed by atoms with Crippen LogP contribution in [-0.2, 0) is 9.59 Å². The van der Waals surface area contributed by atoms with Crippen molar-refractivity contribution in [1.29, 1.82) is 0 Å². The van der Waals surface area contributed by atoms with Gasteiger partial charge in [-0.2, -0.15) is 0 Å². The number of aliphatic hydroxyl groups excluding tert-OH is 1. The van der Waals surface area contributed by atoms with Crippen LogP contribution in [-0.4, -0.2) is 84.0 Å². The maximum atomic E-state index is 13.3. The molecule has 0 atom stereocenters.